The van der Waals surface area contributed by atoms with Gasteiger partial charge in [-0.05, 0) is 39.0 Å². The summed E-state index contributed by atoms with van der Waals surface area (Å²) < 4.78 is 15.4. The highest BCUT2D eigenvalue weighted by Crippen LogP contribution is 2.24. The summed E-state index contributed by atoms with van der Waals surface area (Å²) in [5.74, 6) is -0.461. The van der Waals surface area contributed by atoms with Gasteiger partial charge < -0.3 is 19.1 Å². The summed E-state index contributed by atoms with van der Waals surface area (Å²) in [6.07, 6.45) is -0.572. The van der Waals surface area contributed by atoms with E-state index in [-0.39, 0.29) is 0 Å². The van der Waals surface area contributed by atoms with E-state index in [4.69, 9.17) is 14.2 Å². The van der Waals surface area contributed by atoms with Crippen molar-refractivity contribution in [3.05, 3.63) is 23.8 Å². The van der Waals surface area contributed by atoms with E-state index in [2.05, 4.69) is 10.2 Å². The van der Waals surface area contributed by atoms with E-state index in [1.54, 1.807) is 32.9 Å². The Morgan fingerprint density at radius 2 is 1.83 bits per heavy atom. The molecule has 0 atom stereocenters. The zero-order chi connectivity index (χ0) is 17.7. The predicted octanol–water partition coefficient (Wildman–Crippen LogP) is 2.66. The van der Waals surface area contributed by atoms with Crippen molar-refractivity contribution in [2.45, 2.75) is 26.4 Å². The lowest BCUT2D eigenvalue weighted by atomic mass is 10.1. The van der Waals surface area contributed by atoms with E-state index in [9.17, 15) is 9.59 Å². The second-order valence-electron chi connectivity index (χ2n) is 6.49. The van der Waals surface area contributed by atoms with Gasteiger partial charge in [-0.15, -0.1) is 0 Å². The van der Waals surface area contributed by atoms with Gasteiger partial charge in [0, 0.05) is 24.5 Å². The molecule has 0 unspecified atom stereocenters. The lowest BCUT2D eigenvalue weighted by Crippen LogP contribution is -2.36. The highest BCUT2D eigenvalue weighted by Gasteiger charge is 2.19. The minimum absolute atomic E-state index is 0.368. The summed E-state index contributed by atoms with van der Waals surface area (Å²) >= 11 is 0. The lowest BCUT2D eigenvalue weighted by molar-refractivity contribution is 0.0596. The smallest absolute Gasteiger partial charge is 0.412 e. The van der Waals surface area contributed by atoms with Crippen LogP contribution >= 0.6 is 0 Å². The Morgan fingerprint density at radius 3 is 2.42 bits per heavy atom. The summed E-state index contributed by atoms with van der Waals surface area (Å²) in [5.41, 5.74) is 1.07. The molecule has 1 aromatic rings. The maximum Gasteiger partial charge on any atom is 0.412 e. The molecule has 0 aromatic heterocycles. The number of morpholine rings is 1. The topological polar surface area (TPSA) is 77.1 Å². The van der Waals surface area contributed by atoms with Crippen LogP contribution in [0, 0.1) is 0 Å². The molecule has 7 nitrogen and oxygen atoms in total. The van der Waals surface area contributed by atoms with Crippen molar-refractivity contribution in [3.63, 3.8) is 0 Å². The third-order valence-corrected chi connectivity index (χ3v) is 3.36. The van der Waals surface area contributed by atoms with Crippen molar-refractivity contribution in [1.82, 2.24) is 0 Å². The molecule has 1 heterocycles. The first-order valence-corrected chi connectivity index (χ1v) is 7.84. The van der Waals surface area contributed by atoms with E-state index >= 15 is 0 Å². The van der Waals surface area contributed by atoms with Gasteiger partial charge in [0.2, 0.25) is 0 Å². The van der Waals surface area contributed by atoms with Crippen molar-refractivity contribution in [2.24, 2.45) is 0 Å². The molecule has 1 saturated heterocycles. The number of hydrogen-bond donors (Lipinski definition) is 1. The van der Waals surface area contributed by atoms with Gasteiger partial charge in [-0.25, -0.2) is 9.59 Å². The number of hydrogen-bond acceptors (Lipinski definition) is 6. The number of methoxy groups -OCH3 is 1. The molecule has 7 heteroatoms. The van der Waals surface area contributed by atoms with Crippen molar-refractivity contribution in [2.75, 3.05) is 43.6 Å². The second-order valence-corrected chi connectivity index (χ2v) is 6.49. The number of rotatable bonds is 3. The van der Waals surface area contributed by atoms with Gasteiger partial charge in [-0.1, -0.05) is 0 Å². The molecule has 0 aliphatic carbocycles. The number of amides is 1. The third kappa shape index (κ3) is 5.13. The van der Waals surface area contributed by atoms with E-state index in [1.807, 2.05) is 6.07 Å². The quantitative estimate of drug-likeness (QED) is 0.855. The van der Waals surface area contributed by atoms with Gasteiger partial charge >= 0.3 is 12.1 Å². The first kappa shape index (κ1) is 18.1. The van der Waals surface area contributed by atoms with E-state index < -0.39 is 17.7 Å². The van der Waals surface area contributed by atoms with Crippen LogP contribution in [0.25, 0.3) is 0 Å². The summed E-state index contributed by atoms with van der Waals surface area (Å²) in [7, 11) is 1.32. The Hall–Kier alpha value is -2.28. The van der Waals surface area contributed by atoms with Crippen LogP contribution in [-0.2, 0) is 14.2 Å². The molecule has 2 rings (SSSR count). The Labute approximate surface area is 141 Å². The van der Waals surface area contributed by atoms with Gasteiger partial charge in [0.15, 0.2) is 0 Å². The molecular formula is C17H24N2O5. The number of nitrogens with one attached hydrogen (secondary N) is 1. The largest absolute Gasteiger partial charge is 0.465 e. The Balaban J connectivity index is 2.25. The number of benzene rings is 1. The lowest BCUT2D eigenvalue weighted by Gasteiger charge is -2.29. The summed E-state index contributed by atoms with van der Waals surface area (Å²) in [5, 5.41) is 2.67. The van der Waals surface area contributed by atoms with E-state index in [0.29, 0.717) is 24.5 Å². The van der Waals surface area contributed by atoms with Crippen LogP contribution in [0.3, 0.4) is 0 Å². The molecule has 1 aliphatic rings. The SMILES string of the molecule is COC(=O)c1cc(NC(=O)OC(C)(C)C)cc(N2CCOCC2)c1. The average Bonchev–Trinajstić information content (AvgIpc) is 2.52. The predicted molar refractivity (Wildman–Crippen MR) is 90.7 cm³/mol. The minimum Gasteiger partial charge on any atom is -0.465 e. The zero-order valence-corrected chi connectivity index (χ0v) is 14.5. The summed E-state index contributed by atoms with van der Waals surface area (Å²) in [4.78, 5) is 26.0. The van der Waals surface area contributed by atoms with Crippen molar-refractivity contribution < 1.29 is 23.8 Å². The van der Waals surface area contributed by atoms with Gasteiger partial charge in [-0.3, -0.25) is 5.32 Å². The van der Waals surface area contributed by atoms with Crippen LogP contribution in [0.2, 0.25) is 0 Å². The molecule has 1 fully saturated rings. The van der Waals surface area contributed by atoms with Gasteiger partial charge in [-0.2, -0.15) is 0 Å². The Kier molecular flexibility index (Phi) is 5.66. The number of carbonyl (C=O) groups excluding carboxylic acids is 2. The van der Waals surface area contributed by atoms with Crippen LogP contribution in [-0.4, -0.2) is 51.1 Å². The van der Waals surface area contributed by atoms with Crippen LogP contribution in [0.4, 0.5) is 16.2 Å². The number of ether oxygens (including phenoxy) is 3. The van der Waals surface area contributed by atoms with Gasteiger partial charge in [0.25, 0.3) is 0 Å². The molecule has 1 aliphatic heterocycles. The first-order chi connectivity index (χ1) is 11.3. The van der Waals surface area contributed by atoms with Crippen molar-refractivity contribution in [3.8, 4) is 0 Å². The molecular weight excluding hydrogens is 312 g/mol. The fourth-order valence-corrected chi connectivity index (χ4v) is 2.34. The highest BCUT2D eigenvalue weighted by molar-refractivity contribution is 5.94. The van der Waals surface area contributed by atoms with Crippen molar-refractivity contribution >= 4 is 23.4 Å². The summed E-state index contributed by atoms with van der Waals surface area (Å²) in [6, 6.07) is 5.12. The molecule has 0 saturated carbocycles. The standard InChI is InChI=1S/C17H24N2O5/c1-17(2,3)24-16(21)18-13-9-12(15(20)22-4)10-14(11-13)19-5-7-23-8-6-19/h9-11H,5-8H2,1-4H3,(H,18,21). The first-order valence-electron chi connectivity index (χ1n) is 7.84. The van der Waals surface area contributed by atoms with Crippen LogP contribution in [0.1, 0.15) is 31.1 Å². The monoisotopic (exact) mass is 336 g/mol. The van der Waals surface area contributed by atoms with Gasteiger partial charge in [0.1, 0.15) is 5.60 Å². The van der Waals surface area contributed by atoms with Crippen molar-refractivity contribution in [1.29, 1.82) is 0 Å². The minimum atomic E-state index is -0.600. The molecule has 1 N–H and O–H groups in total. The van der Waals surface area contributed by atoms with E-state index in [0.717, 1.165) is 18.8 Å². The van der Waals surface area contributed by atoms with Crippen LogP contribution in [0.15, 0.2) is 18.2 Å². The molecule has 0 radical (unpaired) electrons. The number of nitrogens with zero attached hydrogens (tertiary/aromatic N) is 1. The van der Waals surface area contributed by atoms with Gasteiger partial charge in [0.05, 0.1) is 25.9 Å². The molecule has 24 heavy (non-hydrogen) atoms. The Morgan fingerprint density at radius 1 is 1.17 bits per heavy atom. The molecule has 1 amide bonds. The molecule has 0 bridgehead atoms. The zero-order valence-electron chi connectivity index (χ0n) is 14.5. The highest BCUT2D eigenvalue weighted by atomic mass is 16.6. The van der Waals surface area contributed by atoms with Crippen LogP contribution < -0.4 is 10.2 Å². The average molecular weight is 336 g/mol. The Bertz CT molecular complexity index is 603. The normalized spacial score (nSPS) is 14.9. The fourth-order valence-electron chi connectivity index (χ4n) is 2.34. The maximum atomic E-state index is 12.0. The second kappa shape index (κ2) is 7.53. The fraction of sp³-hybridized carbons (Fsp3) is 0.529. The molecule has 1 aromatic carbocycles. The molecule has 0 spiro atoms. The summed E-state index contributed by atoms with van der Waals surface area (Å²) in [6.45, 7) is 8.05. The van der Waals surface area contributed by atoms with E-state index in [1.165, 1.54) is 7.11 Å². The number of esters is 1. The molecule has 132 valence electrons. The maximum absolute atomic E-state index is 12.0. The third-order valence-electron chi connectivity index (χ3n) is 3.36. The van der Waals surface area contributed by atoms with Crippen LogP contribution in [0.5, 0.6) is 0 Å². The number of carbonyl (C=O) groups is 2. The number of anilines is 2.